The second kappa shape index (κ2) is 9.45. The van der Waals surface area contributed by atoms with Crippen LogP contribution in [0.5, 0.6) is 5.75 Å². The van der Waals surface area contributed by atoms with Crippen LogP contribution in [0.2, 0.25) is 10.0 Å². The fourth-order valence-electron chi connectivity index (χ4n) is 2.70. The number of hydrogen-bond acceptors (Lipinski definition) is 3. The van der Waals surface area contributed by atoms with Crippen molar-refractivity contribution >= 4 is 40.8 Å². The number of nitrogens with zero attached hydrogens (tertiary/aromatic N) is 1. The maximum atomic E-state index is 13.4. The maximum absolute atomic E-state index is 13.4. The molecule has 0 atom stereocenters. The average molecular weight is 442 g/mol. The minimum atomic E-state index is -1.01. The monoisotopic (exact) mass is 441 g/mol. The molecule has 7 heteroatoms. The Kier molecular flexibility index (Phi) is 6.73. The van der Waals surface area contributed by atoms with Gasteiger partial charge in [-0.15, -0.1) is 0 Å². The van der Waals surface area contributed by atoms with Crippen molar-refractivity contribution in [3.8, 4) is 11.8 Å². The first kappa shape index (κ1) is 21.4. The minimum absolute atomic E-state index is 0.140. The Bertz CT molecular complexity index is 1140. The minimum Gasteiger partial charge on any atom is -0.486 e. The summed E-state index contributed by atoms with van der Waals surface area (Å²) in [4.78, 5) is 10.9. The molecule has 0 radical (unpaired) electrons. The van der Waals surface area contributed by atoms with Crippen LogP contribution in [-0.4, -0.2) is 11.1 Å². The Morgan fingerprint density at radius 2 is 1.73 bits per heavy atom. The van der Waals surface area contributed by atoms with E-state index in [2.05, 4.69) is 0 Å². The number of carbonyl (C=O) groups is 1. The number of carboxylic acid groups (broad SMARTS) is 1. The molecule has 0 spiro atoms. The number of halogens is 3. The summed E-state index contributed by atoms with van der Waals surface area (Å²) in [7, 11) is 0. The third-order valence-electron chi connectivity index (χ3n) is 4.17. The van der Waals surface area contributed by atoms with Crippen molar-refractivity contribution in [1.82, 2.24) is 0 Å². The third-order valence-corrected chi connectivity index (χ3v) is 4.73. The average Bonchev–Trinajstić information content (AvgIpc) is 2.71. The van der Waals surface area contributed by atoms with Crippen molar-refractivity contribution in [2.45, 2.75) is 6.61 Å². The van der Waals surface area contributed by atoms with Crippen molar-refractivity contribution < 1.29 is 19.0 Å². The smallest absolute Gasteiger partial charge is 0.335 e. The quantitative estimate of drug-likeness (QED) is 0.351. The molecular weight excluding hydrogens is 428 g/mol. The number of aromatic carboxylic acids is 1. The van der Waals surface area contributed by atoms with Crippen LogP contribution in [0.1, 0.15) is 27.0 Å². The maximum Gasteiger partial charge on any atom is 0.335 e. The van der Waals surface area contributed by atoms with Crippen molar-refractivity contribution in [1.29, 1.82) is 5.26 Å². The molecular formula is C23H14Cl2FNO3. The highest BCUT2D eigenvalue weighted by Gasteiger charge is 2.11. The Morgan fingerprint density at radius 3 is 2.30 bits per heavy atom. The van der Waals surface area contributed by atoms with Gasteiger partial charge in [0.15, 0.2) is 5.75 Å². The van der Waals surface area contributed by atoms with Gasteiger partial charge in [0.2, 0.25) is 0 Å². The summed E-state index contributed by atoms with van der Waals surface area (Å²) in [5.74, 6) is -1.18. The van der Waals surface area contributed by atoms with Crippen molar-refractivity contribution in [2.75, 3.05) is 0 Å². The molecule has 4 nitrogen and oxygen atoms in total. The fraction of sp³-hybridized carbons (Fsp3) is 0.0435. The van der Waals surface area contributed by atoms with E-state index >= 15 is 0 Å². The first-order valence-electron chi connectivity index (χ1n) is 8.69. The Labute approximate surface area is 182 Å². The SMILES string of the molecule is N#C/C(=C/c1cc(Cl)c(OCc2ccc(C(=O)O)cc2)c(Cl)c1)c1cccc(F)c1. The zero-order valence-electron chi connectivity index (χ0n) is 15.4. The lowest BCUT2D eigenvalue weighted by Crippen LogP contribution is -1.99. The second-order valence-corrected chi connectivity index (χ2v) is 7.10. The van der Waals surface area contributed by atoms with Gasteiger partial charge in [0.25, 0.3) is 0 Å². The molecule has 0 aliphatic rings. The van der Waals surface area contributed by atoms with Crippen LogP contribution < -0.4 is 4.74 Å². The van der Waals surface area contributed by atoms with Gasteiger partial charge >= 0.3 is 5.97 Å². The molecule has 0 fully saturated rings. The lowest BCUT2D eigenvalue weighted by atomic mass is 10.0. The first-order valence-corrected chi connectivity index (χ1v) is 9.45. The fourth-order valence-corrected chi connectivity index (χ4v) is 3.32. The highest BCUT2D eigenvalue weighted by atomic mass is 35.5. The molecule has 0 aliphatic carbocycles. The molecule has 3 rings (SSSR count). The van der Waals surface area contributed by atoms with Crippen molar-refractivity contribution in [2.24, 2.45) is 0 Å². The largest absolute Gasteiger partial charge is 0.486 e. The van der Waals surface area contributed by atoms with Gasteiger partial charge in [0.1, 0.15) is 12.4 Å². The summed E-state index contributed by atoms with van der Waals surface area (Å²) in [6, 6.07) is 17.2. The predicted molar refractivity (Wildman–Crippen MR) is 114 cm³/mol. The Morgan fingerprint density at radius 1 is 1.07 bits per heavy atom. The molecule has 150 valence electrons. The molecule has 1 N–H and O–H groups in total. The first-order chi connectivity index (χ1) is 14.4. The number of carboxylic acids is 1. The highest BCUT2D eigenvalue weighted by molar-refractivity contribution is 6.37. The summed E-state index contributed by atoms with van der Waals surface area (Å²) < 4.78 is 19.1. The Balaban J connectivity index is 1.81. The van der Waals surface area contributed by atoms with E-state index in [1.54, 1.807) is 36.4 Å². The van der Waals surface area contributed by atoms with Crippen LogP contribution in [0.3, 0.4) is 0 Å². The van der Waals surface area contributed by atoms with E-state index < -0.39 is 11.8 Å². The molecule has 0 bridgehead atoms. The van der Waals surface area contributed by atoms with Crippen LogP contribution >= 0.6 is 23.2 Å². The van der Waals surface area contributed by atoms with Gasteiger partial charge < -0.3 is 9.84 Å². The topological polar surface area (TPSA) is 70.3 Å². The molecule has 0 amide bonds. The molecule has 3 aromatic carbocycles. The number of nitriles is 1. The van der Waals surface area contributed by atoms with Gasteiger partial charge in [0.05, 0.1) is 27.3 Å². The summed E-state index contributed by atoms with van der Waals surface area (Å²) in [5, 5.41) is 18.8. The van der Waals surface area contributed by atoms with Crippen LogP contribution in [-0.2, 0) is 6.61 Å². The van der Waals surface area contributed by atoms with Gasteiger partial charge in [-0.05, 0) is 59.2 Å². The zero-order valence-corrected chi connectivity index (χ0v) is 16.9. The lowest BCUT2D eigenvalue weighted by molar-refractivity contribution is 0.0697. The number of allylic oxidation sites excluding steroid dienone is 1. The van der Waals surface area contributed by atoms with Crippen LogP contribution in [0.15, 0.2) is 60.7 Å². The number of rotatable bonds is 6. The zero-order chi connectivity index (χ0) is 21.7. The normalized spacial score (nSPS) is 11.1. The van der Waals surface area contributed by atoms with E-state index in [-0.39, 0.29) is 33.5 Å². The third kappa shape index (κ3) is 5.18. The van der Waals surface area contributed by atoms with E-state index in [0.717, 1.165) is 5.56 Å². The highest BCUT2D eigenvalue weighted by Crippen LogP contribution is 2.36. The molecule has 0 aromatic heterocycles. The van der Waals surface area contributed by atoms with Gasteiger partial charge in [-0.2, -0.15) is 5.26 Å². The van der Waals surface area contributed by atoms with Crippen LogP contribution in [0, 0.1) is 17.1 Å². The molecule has 0 aliphatic heterocycles. The molecule has 0 saturated heterocycles. The summed E-state index contributed by atoms with van der Waals surface area (Å²) in [6.45, 7) is 0.140. The van der Waals surface area contributed by atoms with E-state index in [9.17, 15) is 14.4 Å². The molecule has 0 heterocycles. The second-order valence-electron chi connectivity index (χ2n) is 6.28. The number of ether oxygens (including phenoxy) is 1. The molecule has 30 heavy (non-hydrogen) atoms. The van der Waals surface area contributed by atoms with E-state index in [4.69, 9.17) is 33.0 Å². The molecule has 0 saturated carbocycles. The van der Waals surface area contributed by atoms with Crippen molar-refractivity contribution in [3.05, 3.63) is 98.8 Å². The summed E-state index contributed by atoms with van der Waals surface area (Å²) in [6.07, 6.45) is 1.56. The van der Waals surface area contributed by atoms with Gasteiger partial charge in [0, 0.05) is 0 Å². The molecule has 0 unspecified atom stereocenters. The van der Waals surface area contributed by atoms with E-state index in [1.165, 1.54) is 30.3 Å². The lowest BCUT2D eigenvalue weighted by Gasteiger charge is -2.11. The van der Waals surface area contributed by atoms with Gasteiger partial charge in [-0.3, -0.25) is 0 Å². The van der Waals surface area contributed by atoms with Crippen LogP contribution in [0.4, 0.5) is 4.39 Å². The van der Waals surface area contributed by atoms with Gasteiger partial charge in [-0.25, -0.2) is 9.18 Å². The summed E-state index contributed by atoms with van der Waals surface area (Å²) in [5.41, 5.74) is 2.18. The van der Waals surface area contributed by atoms with E-state index in [1.807, 2.05) is 6.07 Å². The van der Waals surface area contributed by atoms with Crippen molar-refractivity contribution in [3.63, 3.8) is 0 Å². The predicted octanol–water partition coefficient (Wildman–Crippen LogP) is 6.47. The van der Waals surface area contributed by atoms with Crippen LogP contribution in [0.25, 0.3) is 11.6 Å². The standard InChI is InChI=1S/C23H14Cl2FNO3/c24-20-9-15(8-18(12-27)17-2-1-3-19(26)11-17)10-21(25)22(20)30-13-14-4-6-16(7-5-14)23(28)29/h1-11H,13H2,(H,28,29)/b18-8-. The molecule has 3 aromatic rings. The number of hydrogen-bond donors (Lipinski definition) is 1. The summed E-state index contributed by atoms with van der Waals surface area (Å²) >= 11 is 12.6. The number of benzene rings is 3. The van der Waals surface area contributed by atoms with E-state index in [0.29, 0.717) is 11.1 Å². The van der Waals surface area contributed by atoms with Gasteiger partial charge in [-0.1, -0.05) is 47.5 Å². The Hall–Kier alpha value is -3.33.